The highest BCUT2D eigenvalue weighted by Gasteiger charge is 2.45. The normalized spacial score (nSPS) is 42.9. The van der Waals surface area contributed by atoms with Crippen LogP contribution < -0.4 is 0 Å². The highest BCUT2D eigenvalue weighted by atomic mass is 32.3. The summed E-state index contributed by atoms with van der Waals surface area (Å²) in [7, 11) is -0.356. The fraction of sp³-hybridized carbons (Fsp3) is 0.500. The molecule has 2 rings (SSSR count). The molecule has 1 heterocycles. The van der Waals surface area contributed by atoms with Gasteiger partial charge in [-0.1, -0.05) is 30.4 Å². The molecule has 13 heavy (non-hydrogen) atoms. The van der Waals surface area contributed by atoms with Crippen LogP contribution in [0.2, 0.25) is 0 Å². The number of hydrogen-bond acceptors (Lipinski definition) is 0. The third-order valence-corrected chi connectivity index (χ3v) is 6.85. The first-order valence-electron chi connectivity index (χ1n) is 4.99. The first-order valence-corrected chi connectivity index (χ1v) is 7.26. The minimum absolute atomic E-state index is 0.356. The smallest absolute Gasteiger partial charge is 0.0181 e. The van der Waals surface area contributed by atoms with Crippen molar-refractivity contribution in [2.45, 2.75) is 25.0 Å². The lowest BCUT2D eigenvalue weighted by Gasteiger charge is -2.21. The number of allylic oxidation sites excluding steroid dienone is 5. The molecule has 0 amide bonds. The van der Waals surface area contributed by atoms with Crippen molar-refractivity contribution in [3.63, 3.8) is 0 Å². The van der Waals surface area contributed by atoms with Crippen molar-refractivity contribution in [2.75, 3.05) is 12.0 Å². The molecular weight excluding hydrogens is 176 g/mol. The summed E-state index contributed by atoms with van der Waals surface area (Å²) < 4.78 is 0. The van der Waals surface area contributed by atoms with Crippen molar-refractivity contribution < 1.29 is 0 Å². The molecular formula is C12H18S. The molecule has 0 saturated carbocycles. The van der Waals surface area contributed by atoms with E-state index in [1.54, 1.807) is 4.91 Å². The Morgan fingerprint density at radius 2 is 2.31 bits per heavy atom. The van der Waals surface area contributed by atoms with Gasteiger partial charge in [-0.05, 0) is 36.7 Å². The summed E-state index contributed by atoms with van der Waals surface area (Å²) in [6.45, 7) is 2.13. The molecule has 1 fully saturated rings. The molecule has 2 aliphatic rings. The van der Waals surface area contributed by atoms with E-state index in [-0.39, 0.29) is 10.0 Å². The summed E-state index contributed by atoms with van der Waals surface area (Å²) in [6, 6.07) is 0. The van der Waals surface area contributed by atoms with Crippen LogP contribution in [0.3, 0.4) is 0 Å². The molecule has 0 aromatic carbocycles. The second-order valence-corrected chi connectivity index (χ2v) is 7.75. The van der Waals surface area contributed by atoms with Crippen LogP contribution in [-0.2, 0) is 0 Å². The van der Waals surface area contributed by atoms with E-state index in [4.69, 9.17) is 0 Å². The van der Waals surface area contributed by atoms with Gasteiger partial charge in [-0.2, -0.15) is 0 Å². The van der Waals surface area contributed by atoms with E-state index < -0.39 is 0 Å². The zero-order valence-electron chi connectivity index (χ0n) is 8.49. The van der Waals surface area contributed by atoms with E-state index in [9.17, 15) is 0 Å². The summed E-state index contributed by atoms with van der Waals surface area (Å²) in [5.74, 6) is 1.44. The molecule has 0 nitrogen and oxygen atoms in total. The van der Waals surface area contributed by atoms with Crippen molar-refractivity contribution in [2.24, 2.45) is 0 Å². The zero-order chi connectivity index (χ0) is 9.31. The molecule has 0 N–H and O–H groups in total. The molecule has 72 valence electrons. The summed E-state index contributed by atoms with van der Waals surface area (Å²) in [6.07, 6.45) is 16.6. The van der Waals surface area contributed by atoms with Gasteiger partial charge >= 0.3 is 0 Å². The van der Waals surface area contributed by atoms with Crippen molar-refractivity contribution >= 4 is 10.0 Å². The summed E-state index contributed by atoms with van der Waals surface area (Å²) >= 11 is 0. The third-order valence-electron chi connectivity index (χ3n) is 3.04. The van der Waals surface area contributed by atoms with Crippen molar-refractivity contribution in [1.29, 1.82) is 0 Å². The molecule has 1 aliphatic carbocycles. The number of hydrogen-bond donors (Lipinski definition) is 0. The molecule has 0 radical (unpaired) electrons. The van der Waals surface area contributed by atoms with Gasteiger partial charge in [0.05, 0.1) is 0 Å². The quantitative estimate of drug-likeness (QED) is 0.465. The summed E-state index contributed by atoms with van der Waals surface area (Å²) in [4.78, 5) is 1.75. The molecule has 1 saturated heterocycles. The fourth-order valence-electron chi connectivity index (χ4n) is 2.01. The Balaban J connectivity index is 2.06. The second kappa shape index (κ2) is 3.38. The molecule has 0 bridgehead atoms. The van der Waals surface area contributed by atoms with E-state index in [1.165, 1.54) is 18.6 Å². The van der Waals surface area contributed by atoms with Crippen LogP contribution >= 0.6 is 10.0 Å². The molecule has 0 aromatic rings. The Morgan fingerprint density at radius 3 is 2.92 bits per heavy atom. The first kappa shape index (κ1) is 9.14. The van der Waals surface area contributed by atoms with Gasteiger partial charge < -0.3 is 0 Å². The average Bonchev–Trinajstić information content (AvgIpc) is 2.81. The Labute approximate surface area is 82.7 Å². The fourth-order valence-corrected chi connectivity index (χ4v) is 5.39. The van der Waals surface area contributed by atoms with Crippen molar-refractivity contribution in [3.8, 4) is 0 Å². The van der Waals surface area contributed by atoms with Crippen LogP contribution in [0.1, 0.15) is 19.8 Å². The Morgan fingerprint density at radius 1 is 1.46 bits per heavy atom. The van der Waals surface area contributed by atoms with Crippen molar-refractivity contribution in [1.82, 2.24) is 0 Å². The summed E-state index contributed by atoms with van der Waals surface area (Å²) in [5.41, 5.74) is 0. The van der Waals surface area contributed by atoms with Crippen molar-refractivity contribution in [3.05, 3.63) is 35.3 Å². The average molecular weight is 194 g/mol. The molecule has 2 atom stereocenters. The van der Waals surface area contributed by atoms with Gasteiger partial charge in [-0.3, -0.25) is 0 Å². The lowest BCUT2D eigenvalue weighted by Crippen LogP contribution is -1.91. The minimum Gasteiger partial charge on any atom is -0.213 e. The molecule has 0 aromatic heterocycles. The van der Waals surface area contributed by atoms with Crippen LogP contribution in [0.15, 0.2) is 35.3 Å². The van der Waals surface area contributed by atoms with Crippen LogP contribution in [0.25, 0.3) is 0 Å². The van der Waals surface area contributed by atoms with Crippen LogP contribution in [-0.4, -0.2) is 17.3 Å². The third kappa shape index (κ3) is 1.62. The molecule has 1 aliphatic heterocycles. The monoisotopic (exact) mass is 194 g/mol. The largest absolute Gasteiger partial charge is 0.213 e. The van der Waals surface area contributed by atoms with E-state index in [0.29, 0.717) is 0 Å². The first-order chi connectivity index (χ1) is 6.27. The number of rotatable bonds is 2. The van der Waals surface area contributed by atoms with E-state index in [0.717, 1.165) is 5.25 Å². The van der Waals surface area contributed by atoms with Gasteiger partial charge in [-0.25, -0.2) is 10.0 Å². The molecule has 0 spiro atoms. The molecule has 1 heteroatoms. The van der Waals surface area contributed by atoms with E-state index in [1.807, 2.05) is 0 Å². The van der Waals surface area contributed by atoms with E-state index in [2.05, 4.69) is 43.6 Å². The van der Waals surface area contributed by atoms with Gasteiger partial charge in [0.1, 0.15) is 0 Å². The van der Waals surface area contributed by atoms with Gasteiger partial charge in [0.25, 0.3) is 0 Å². The van der Waals surface area contributed by atoms with Gasteiger partial charge in [0.15, 0.2) is 0 Å². The molecule has 2 unspecified atom stereocenters. The summed E-state index contributed by atoms with van der Waals surface area (Å²) in [5, 5.41) is 0.898. The van der Waals surface area contributed by atoms with E-state index >= 15 is 0 Å². The Hall–Kier alpha value is -0.430. The predicted octanol–water partition coefficient (Wildman–Crippen LogP) is 3.61. The zero-order valence-corrected chi connectivity index (χ0v) is 9.31. The minimum atomic E-state index is -0.356. The Bertz CT molecular complexity index is 285. The lowest BCUT2D eigenvalue weighted by atomic mass is 10.2. The Kier molecular flexibility index (Phi) is 2.37. The van der Waals surface area contributed by atoms with Gasteiger partial charge in [0, 0.05) is 5.25 Å². The highest BCUT2D eigenvalue weighted by molar-refractivity contribution is 8.42. The maximum absolute atomic E-state index is 2.49. The predicted molar refractivity (Wildman–Crippen MR) is 63.4 cm³/mol. The standard InChI is InChI=1S/C12H18S/c1-3-7-12-10-13(12,2)11-8-5-4-6-9-11/h3-5,7,9,12H,6,8,10H2,1-2H3/b7-3-. The highest BCUT2D eigenvalue weighted by Crippen LogP contribution is 2.72. The van der Waals surface area contributed by atoms with Crippen LogP contribution in [0.5, 0.6) is 0 Å². The maximum atomic E-state index is 2.49. The maximum Gasteiger partial charge on any atom is 0.0181 e. The van der Waals surface area contributed by atoms with Crippen LogP contribution in [0.4, 0.5) is 0 Å². The van der Waals surface area contributed by atoms with Gasteiger partial charge in [-0.15, -0.1) is 0 Å². The van der Waals surface area contributed by atoms with Crippen LogP contribution in [0, 0.1) is 0 Å². The SMILES string of the molecule is C/C=C\C1CS1(C)C1=CCC=CC1. The topological polar surface area (TPSA) is 0 Å². The second-order valence-electron chi connectivity index (χ2n) is 3.97. The van der Waals surface area contributed by atoms with Gasteiger partial charge in [0.2, 0.25) is 0 Å². The lowest BCUT2D eigenvalue weighted by molar-refractivity contribution is 1.21.